The van der Waals surface area contributed by atoms with Crippen molar-refractivity contribution in [1.82, 2.24) is 4.31 Å². The number of rotatable bonds is 5. The molecule has 1 aliphatic carbocycles. The maximum atomic E-state index is 13.0. The molecule has 0 atom stereocenters. The molecule has 118 valence electrons. The van der Waals surface area contributed by atoms with Crippen LogP contribution in [0.2, 0.25) is 0 Å². The second kappa shape index (κ2) is 7.12. The van der Waals surface area contributed by atoms with E-state index < -0.39 is 10.0 Å². The van der Waals surface area contributed by atoms with Gasteiger partial charge in [0.15, 0.2) is 0 Å². The van der Waals surface area contributed by atoms with Crippen molar-refractivity contribution in [2.24, 2.45) is 0 Å². The average Bonchev–Trinajstić information content (AvgIpc) is 2.48. The molecule has 1 fully saturated rings. The van der Waals surface area contributed by atoms with Gasteiger partial charge in [-0.05, 0) is 49.9 Å². The molecule has 0 radical (unpaired) electrons. The van der Waals surface area contributed by atoms with Crippen LogP contribution in [0.4, 0.5) is 0 Å². The number of hydrogen-bond donors (Lipinski definition) is 0. The number of benzene rings is 1. The zero-order valence-corrected chi connectivity index (χ0v) is 14.4. The number of alkyl halides is 1. The number of sulfonamides is 1. The van der Waals surface area contributed by atoms with Crippen molar-refractivity contribution in [1.29, 1.82) is 0 Å². The predicted molar refractivity (Wildman–Crippen MR) is 87.4 cm³/mol. The van der Waals surface area contributed by atoms with Gasteiger partial charge in [0.25, 0.3) is 0 Å². The van der Waals surface area contributed by atoms with E-state index >= 15 is 0 Å². The molecule has 2 rings (SSSR count). The lowest BCUT2D eigenvalue weighted by Gasteiger charge is -2.33. The van der Waals surface area contributed by atoms with E-state index in [1.807, 2.05) is 19.9 Å². The van der Waals surface area contributed by atoms with Crippen molar-refractivity contribution in [3.8, 4) is 0 Å². The van der Waals surface area contributed by atoms with Crippen LogP contribution in [0.1, 0.15) is 43.2 Å². The molecule has 0 saturated heterocycles. The van der Waals surface area contributed by atoms with E-state index in [2.05, 4.69) is 0 Å². The third-order valence-electron chi connectivity index (χ3n) is 4.37. The molecule has 3 nitrogen and oxygen atoms in total. The molecule has 0 spiro atoms. The lowest BCUT2D eigenvalue weighted by Crippen LogP contribution is -2.42. The highest BCUT2D eigenvalue weighted by Gasteiger charge is 2.31. The quantitative estimate of drug-likeness (QED) is 0.769. The Morgan fingerprint density at radius 2 is 1.81 bits per heavy atom. The molecule has 1 saturated carbocycles. The minimum atomic E-state index is -3.45. The minimum Gasteiger partial charge on any atom is -0.207 e. The normalized spacial score (nSPS) is 17.3. The third kappa shape index (κ3) is 3.79. The lowest BCUT2D eigenvalue weighted by molar-refractivity contribution is 0.262. The smallest absolute Gasteiger partial charge is 0.207 e. The highest BCUT2D eigenvalue weighted by Crippen LogP contribution is 2.28. The Morgan fingerprint density at radius 1 is 1.14 bits per heavy atom. The van der Waals surface area contributed by atoms with Gasteiger partial charge in [0.1, 0.15) is 0 Å². The van der Waals surface area contributed by atoms with Gasteiger partial charge in [-0.15, -0.1) is 11.6 Å². The van der Waals surface area contributed by atoms with Crippen LogP contribution in [0, 0.1) is 13.8 Å². The fraction of sp³-hybridized carbons (Fsp3) is 0.625. The average molecular weight is 330 g/mol. The maximum Gasteiger partial charge on any atom is 0.243 e. The standard InChI is InChI=1S/C16H24ClNO2S/c1-13-8-9-16(12-14(13)2)21(19,20)18(11-10-17)15-6-4-3-5-7-15/h8-9,12,15H,3-7,10-11H2,1-2H3. The molecule has 0 aliphatic heterocycles. The lowest BCUT2D eigenvalue weighted by atomic mass is 9.95. The maximum absolute atomic E-state index is 13.0. The highest BCUT2D eigenvalue weighted by atomic mass is 35.5. The first kappa shape index (κ1) is 16.8. The summed E-state index contributed by atoms with van der Waals surface area (Å²) in [6.45, 7) is 4.33. The first-order valence-electron chi connectivity index (χ1n) is 7.62. The molecule has 5 heteroatoms. The van der Waals surface area contributed by atoms with Gasteiger partial charge in [-0.1, -0.05) is 25.3 Å². The molecule has 1 aromatic rings. The summed E-state index contributed by atoms with van der Waals surface area (Å²) >= 11 is 5.86. The van der Waals surface area contributed by atoms with E-state index in [1.165, 1.54) is 6.42 Å². The van der Waals surface area contributed by atoms with Crippen LogP contribution in [0.3, 0.4) is 0 Å². The van der Waals surface area contributed by atoms with E-state index in [-0.39, 0.29) is 6.04 Å². The molecule has 0 aromatic heterocycles. The summed E-state index contributed by atoms with van der Waals surface area (Å²) in [6.07, 6.45) is 5.30. The fourth-order valence-electron chi connectivity index (χ4n) is 2.96. The molecule has 0 bridgehead atoms. The van der Waals surface area contributed by atoms with Crippen molar-refractivity contribution < 1.29 is 8.42 Å². The Bertz CT molecular complexity index is 580. The van der Waals surface area contributed by atoms with Crippen LogP contribution in [-0.2, 0) is 10.0 Å². The van der Waals surface area contributed by atoms with E-state index in [4.69, 9.17) is 11.6 Å². The molecular formula is C16H24ClNO2S. The third-order valence-corrected chi connectivity index (χ3v) is 6.49. The molecule has 1 aromatic carbocycles. The van der Waals surface area contributed by atoms with E-state index in [0.717, 1.165) is 36.8 Å². The number of halogens is 1. The Hall–Kier alpha value is -0.580. The van der Waals surface area contributed by atoms with Crippen LogP contribution in [-0.4, -0.2) is 31.2 Å². The second-order valence-corrected chi connectivity index (χ2v) is 8.11. The molecule has 0 unspecified atom stereocenters. The zero-order valence-electron chi connectivity index (χ0n) is 12.8. The van der Waals surface area contributed by atoms with Crippen molar-refractivity contribution in [3.63, 3.8) is 0 Å². The van der Waals surface area contributed by atoms with Gasteiger partial charge in [-0.25, -0.2) is 8.42 Å². The Labute approximate surface area is 133 Å². The van der Waals surface area contributed by atoms with Crippen LogP contribution in [0.5, 0.6) is 0 Å². The van der Waals surface area contributed by atoms with Gasteiger partial charge >= 0.3 is 0 Å². The molecule has 0 amide bonds. The predicted octanol–water partition coefficient (Wildman–Crippen LogP) is 3.87. The number of nitrogens with zero attached hydrogens (tertiary/aromatic N) is 1. The zero-order chi connectivity index (χ0) is 15.5. The largest absolute Gasteiger partial charge is 0.243 e. The second-order valence-electron chi connectivity index (χ2n) is 5.84. The van der Waals surface area contributed by atoms with Gasteiger partial charge in [0.2, 0.25) is 10.0 Å². The minimum absolute atomic E-state index is 0.101. The van der Waals surface area contributed by atoms with E-state index in [9.17, 15) is 8.42 Å². The highest BCUT2D eigenvalue weighted by molar-refractivity contribution is 7.89. The molecule has 21 heavy (non-hydrogen) atoms. The Balaban J connectivity index is 2.34. The van der Waals surface area contributed by atoms with Crippen LogP contribution >= 0.6 is 11.6 Å². The van der Waals surface area contributed by atoms with Gasteiger partial charge in [-0.2, -0.15) is 4.31 Å². The summed E-state index contributed by atoms with van der Waals surface area (Å²) in [7, 11) is -3.45. The number of hydrogen-bond acceptors (Lipinski definition) is 2. The van der Waals surface area contributed by atoms with Crippen molar-refractivity contribution in [3.05, 3.63) is 29.3 Å². The molecular weight excluding hydrogens is 306 g/mol. The fourth-order valence-corrected chi connectivity index (χ4v) is 5.01. The Kier molecular flexibility index (Phi) is 5.69. The first-order valence-corrected chi connectivity index (χ1v) is 9.59. The topological polar surface area (TPSA) is 37.4 Å². The summed E-state index contributed by atoms with van der Waals surface area (Å²) in [4.78, 5) is 0.390. The summed E-state index contributed by atoms with van der Waals surface area (Å²) in [5, 5.41) is 0. The van der Waals surface area contributed by atoms with Crippen LogP contribution < -0.4 is 0 Å². The summed E-state index contributed by atoms with van der Waals surface area (Å²) in [5.74, 6) is 0.334. The van der Waals surface area contributed by atoms with Crippen LogP contribution in [0.15, 0.2) is 23.1 Å². The van der Waals surface area contributed by atoms with Crippen LogP contribution in [0.25, 0.3) is 0 Å². The van der Waals surface area contributed by atoms with Gasteiger partial charge in [0.05, 0.1) is 4.90 Å². The summed E-state index contributed by atoms with van der Waals surface area (Å²) < 4.78 is 27.5. The molecule has 0 heterocycles. The summed E-state index contributed by atoms with van der Waals surface area (Å²) in [5.41, 5.74) is 2.11. The van der Waals surface area contributed by atoms with Gasteiger partial charge in [-0.3, -0.25) is 0 Å². The van der Waals surface area contributed by atoms with Crippen molar-refractivity contribution in [2.45, 2.75) is 56.9 Å². The van der Waals surface area contributed by atoms with Gasteiger partial charge in [0, 0.05) is 18.5 Å². The molecule has 1 aliphatic rings. The molecule has 0 N–H and O–H groups in total. The summed E-state index contributed by atoms with van der Waals surface area (Å²) in [6, 6.07) is 5.46. The van der Waals surface area contributed by atoms with Crippen molar-refractivity contribution in [2.75, 3.05) is 12.4 Å². The number of aryl methyl sites for hydroxylation is 2. The van der Waals surface area contributed by atoms with E-state index in [0.29, 0.717) is 17.3 Å². The van der Waals surface area contributed by atoms with E-state index in [1.54, 1.807) is 16.4 Å². The first-order chi connectivity index (χ1) is 9.96. The SMILES string of the molecule is Cc1ccc(S(=O)(=O)N(CCCl)C2CCCCC2)cc1C. The monoisotopic (exact) mass is 329 g/mol. The van der Waals surface area contributed by atoms with Gasteiger partial charge < -0.3 is 0 Å². The Morgan fingerprint density at radius 3 is 2.38 bits per heavy atom. The van der Waals surface area contributed by atoms with Crippen molar-refractivity contribution >= 4 is 21.6 Å².